The second-order valence-electron chi connectivity index (χ2n) is 0.893. The summed E-state index contributed by atoms with van der Waals surface area (Å²) in [6.07, 6.45) is 2.41. The fourth-order valence-corrected chi connectivity index (χ4v) is 0.149. The molecule has 0 saturated heterocycles. The summed E-state index contributed by atoms with van der Waals surface area (Å²) in [5.41, 5.74) is 1.31. The largest absolute Gasteiger partial charge is 0.233 e. The first-order valence-corrected chi connectivity index (χ1v) is 1.71. The average molecular weight is 127 g/mol. The molecule has 0 aliphatic carbocycles. The third kappa shape index (κ3) is 2.65. The molecule has 1 N–H and O–H groups in total. The van der Waals surface area contributed by atoms with Crippen molar-refractivity contribution in [3.63, 3.8) is 0 Å². The quantitative estimate of drug-likeness (QED) is 0.219. The molecule has 0 radical (unpaired) electrons. The topological polar surface area (TPSA) is 106 Å². The first-order chi connectivity index (χ1) is 4.20. The molecule has 46 valence electrons. The smallest absolute Gasteiger partial charge is 0.219 e. The molecule has 0 spiro atoms. The van der Waals surface area contributed by atoms with E-state index in [1.807, 2.05) is 0 Å². The molecule has 0 amide bonds. The number of rotatable bonds is 2. The van der Waals surface area contributed by atoms with Crippen LogP contribution < -0.4 is 5.53 Å². The van der Waals surface area contributed by atoms with Crippen molar-refractivity contribution in [2.24, 2.45) is 0 Å². The van der Waals surface area contributed by atoms with Gasteiger partial charge in [0.25, 0.3) is 0 Å². The van der Waals surface area contributed by atoms with Gasteiger partial charge in [-0.1, -0.05) is 5.01 Å². The van der Waals surface area contributed by atoms with E-state index in [0.717, 1.165) is 0 Å². The lowest BCUT2D eigenvalue weighted by Gasteiger charge is -1.95. The highest BCUT2D eigenvalue weighted by Gasteiger charge is 2.01. The normalized spacial score (nSPS) is 6.44. The fraction of sp³-hybridized carbons (Fsp3) is 0. The molecule has 0 aliphatic heterocycles. The van der Waals surface area contributed by atoms with Crippen LogP contribution in [0.1, 0.15) is 0 Å². The third-order valence-corrected chi connectivity index (χ3v) is 0.382. The van der Waals surface area contributed by atoms with E-state index in [0.29, 0.717) is 0 Å². The molecule has 0 heterocycles. The molecule has 9 heavy (non-hydrogen) atoms. The number of hydrazine groups is 2. The summed E-state index contributed by atoms with van der Waals surface area (Å²) < 4.78 is 0. The molecule has 7 nitrogen and oxygen atoms in total. The van der Waals surface area contributed by atoms with E-state index in [9.17, 15) is 10.1 Å². The van der Waals surface area contributed by atoms with Crippen LogP contribution in [0.3, 0.4) is 0 Å². The SMILES string of the molecule is N#CN(C#N)N[N+](=O)[O-]. The maximum Gasteiger partial charge on any atom is 0.219 e. The van der Waals surface area contributed by atoms with Crippen LogP contribution in [-0.2, 0) is 0 Å². The second kappa shape index (κ2) is 3.04. The van der Waals surface area contributed by atoms with E-state index in [4.69, 9.17) is 10.5 Å². The Labute approximate surface area is 49.8 Å². The molecular weight excluding hydrogens is 126 g/mol. The molecule has 0 aromatic carbocycles. The summed E-state index contributed by atoms with van der Waals surface area (Å²) in [5, 5.41) is 24.3. The molecule has 0 fully saturated rings. The first-order valence-electron chi connectivity index (χ1n) is 1.71. The zero-order chi connectivity index (χ0) is 7.28. The molecule has 0 aromatic heterocycles. The van der Waals surface area contributed by atoms with Crippen molar-refractivity contribution in [2.75, 3.05) is 0 Å². The molecule has 0 bridgehead atoms. The molecule has 0 aliphatic rings. The third-order valence-electron chi connectivity index (χ3n) is 0.382. The van der Waals surface area contributed by atoms with Gasteiger partial charge in [0.2, 0.25) is 12.4 Å². The molecule has 0 aromatic rings. The van der Waals surface area contributed by atoms with E-state index >= 15 is 0 Å². The number of nitriles is 2. The van der Waals surface area contributed by atoms with Crippen molar-refractivity contribution >= 4 is 0 Å². The van der Waals surface area contributed by atoms with Crippen molar-refractivity contribution < 1.29 is 5.03 Å². The van der Waals surface area contributed by atoms with E-state index < -0.39 is 5.03 Å². The number of hydrogen-bond acceptors (Lipinski definition) is 5. The Balaban J connectivity index is 3.78. The predicted molar refractivity (Wildman–Crippen MR) is 23.2 cm³/mol. The Morgan fingerprint density at radius 3 is 2.11 bits per heavy atom. The van der Waals surface area contributed by atoms with E-state index in [1.54, 1.807) is 0 Å². The zero-order valence-electron chi connectivity index (χ0n) is 4.11. The molecule has 0 rings (SSSR count). The van der Waals surface area contributed by atoms with Gasteiger partial charge in [0.15, 0.2) is 5.03 Å². The lowest BCUT2D eigenvalue weighted by molar-refractivity contribution is -0.569. The van der Waals surface area contributed by atoms with Crippen LogP contribution in [0.2, 0.25) is 0 Å². The Hall–Kier alpha value is -2.02. The van der Waals surface area contributed by atoms with Gasteiger partial charge in [-0.2, -0.15) is 10.5 Å². The molecule has 0 unspecified atom stereocenters. The zero-order valence-corrected chi connectivity index (χ0v) is 4.11. The Bertz CT molecular complexity index is 172. The van der Waals surface area contributed by atoms with Crippen molar-refractivity contribution in [3.8, 4) is 12.4 Å². The summed E-state index contributed by atoms with van der Waals surface area (Å²) in [7, 11) is 0. The average Bonchev–Trinajstić information content (AvgIpc) is 1.82. The van der Waals surface area contributed by atoms with Crippen LogP contribution in [0.4, 0.5) is 0 Å². The van der Waals surface area contributed by atoms with Gasteiger partial charge < -0.3 is 0 Å². The van der Waals surface area contributed by atoms with E-state index in [1.165, 1.54) is 17.9 Å². The number of hydrogen-bond donors (Lipinski definition) is 1. The Kier molecular flexibility index (Phi) is 2.36. The number of nitrogens with zero attached hydrogens (tertiary/aromatic N) is 4. The maximum absolute atomic E-state index is 9.48. The van der Waals surface area contributed by atoms with Crippen molar-refractivity contribution in [3.05, 3.63) is 10.1 Å². The molecule has 0 saturated carbocycles. The van der Waals surface area contributed by atoms with Crippen LogP contribution in [-0.4, -0.2) is 10.0 Å². The highest BCUT2D eigenvalue weighted by molar-refractivity contribution is 4.79. The number of nitrogens with one attached hydrogen (secondary N) is 1. The van der Waals surface area contributed by atoms with Gasteiger partial charge in [-0.25, -0.2) is 10.1 Å². The summed E-state index contributed by atoms with van der Waals surface area (Å²) in [6.45, 7) is 0. The maximum atomic E-state index is 9.48. The number of nitro groups is 1. The van der Waals surface area contributed by atoms with Gasteiger partial charge in [0.05, 0.1) is 0 Å². The van der Waals surface area contributed by atoms with Crippen molar-refractivity contribution in [2.45, 2.75) is 0 Å². The lowest BCUT2D eigenvalue weighted by atomic mass is 11.1. The fourth-order valence-electron chi connectivity index (χ4n) is 0.149. The predicted octanol–water partition coefficient (Wildman–Crippen LogP) is -1.05. The Morgan fingerprint density at radius 2 is 2.00 bits per heavy atom. The van der Waals surface area contributed by atoms with Crippen LogP contribution in [0.5, 0.6) is 0 Å². The van der Waals surface area contributed by atoms with Crippen LogP contribution in [0.25, 0.3) is 0 Å². The van der Waals surface area contributed by atoms with Gasteiger partial charge in [-0.15, -0.1) is 0 Å². The van der Waals surface area contributed by atoms with Gasteiger partial charge in [0, 0.05) is 0 Å². The summed E-state index contributed by atoms with van der Waals surface area (Å²) in [5.74, 6) is 0. The van der Waals surface area contributed by atoms with Crippen LogP contribution in [0, 0.1) is 33.0 Å². The first kappa shape index (κ1) is 6.98. The van der Waals surface area contributed by atoms with E-state index in [-0.39, 0.29) is 5.01 Å². The molecular formula is C2HN5O2. The van der Waals surface area contributed by atoms with Gasteiger partial charge in [-0.05, 0) is 5.53 Å². The molecule has 0 atom stereocenters. The van der Waals surface area contributed by atoms with Crippen LogP contribution in [0.15, 0.2) is 0 Å². The van der Waals surface area contributed by atoms with Crippen LogP contribution >= 0.6 is 0 Å². The minimum Gasteiger partial charge on any atom is -0.233 e. The van der Waals surface area contributed by atoms with Gasteiger partial charge >= 0.3 is 0 Å². The highest BCUT2D eigenvalue weighted by atomic mass is 16.7. The van der Waals surface area contributed by atoms with E-state index in [2.05, 4.69) is 0 Å². The summed E-state index contributed by atoms with van der Waals surface area (Å²) in [6, 6.07) is 0. The summed E-state index contributed by atoms with van der Waals surface area (Å²) >= 11 is 0. The van der Waals surface area contributed by atoms with Crippen molar-refractivity contribution in [1.82, 2.24) is 10.5 Å². The lowest BCUT2D eigenvalue weighted by Crippen LogP contribution is -2.34. The van der Waals surface area contributed by atoms with Crippen molar-refractivity contribution in [1.29, 1.82) is 10.5 Å². The Morgan fingerprint density at radius 1 is 1.56 bits per heavy atom. The highest BCUT2D eigenvalue weighted by Crippen LogP contribution is 1.69. The minimum atomic E-state index is -1.01. The monoisotopic (exact) mass is 127 g/mol. The minimum absolute atomic E-state index is 0.111. The second-order valence-corrected chi connectivity index (χ2v) is 0.893. The van der Waals surface area contributed by atoms with Gasteiger partial charge in [0.1, 0.15) is 0 Å². The molecule has 7 heteroatoms. The van der Waals surface area contributed by atoms with Gasteiger partial charge in [-0.3, -0.25) is 0 Å². The standard InChI is InChI=1S/C2HN5O2/c3-1-6(2-4)5-7(8)9/h5H. The summed E-state index contributed by atoms with van der Waals surface area (Å²) in [4.78, 5) is 9.48.